The Bertz CT molecular complexity index is 714. The molecule has 0 nitrogen and oxygen atoms in total. The van der Waals surface area contributed by atoms with Crippen LogP contribution in [0.5, 0.6) is 0 Å². The maximum atomic E-state index is 2.37. The molecule has 0 aliphatic heterocycles. The molecule has 0 aromatic heterocycles. The summed E-state index contributed by atoms with van der Waals surface area (Å²) in [7, 11) is 0. The highest BCUT2D eigenvalue weighted by atomic mass is 14.2. The molecule has 0 spiro atoms. The average Bonchev–Trinajstić information content (AvgIpc) is 2.56. The highest BCUT2D eigenvalue weighted by Crippen LogP contribution is 2.35. The number of rotatable bonds is 3. The lowest BCUT2D eigenvalue weighted by Crippen LogP contribution is -2.05. The quantitative estimate of drug-likeness (QED) is 0.618. The van der Waals surface area contributed by atoms with Gasteiger partial charge in [0.2, 0.25) is 0 Å². The van der Waals surface area contributed by atoms with Gasteiger partial charge in [0, 0.05) is 0 Å². The van der Waals surface area contributed by atoms with E-state index >= 15 is 0 Å². The summed E-state index contributed by atoms with van der Waals surface area (Å²) in [6.45, 7) is 6.65. The molecule has 2 aromatic carbocycles. The van der Waals surface area contributed by atoms with Crippen LogP contribution >= 0.6 is 0 Å². The van der Waals surface area contributed by atoms with E-state index in [1.165, 1.54) is 39.8 Å². The zero-order chi connectivity index (χ0) is 15.5. The van der Waals surface area contributed by atoms with E-state index in [4.69, 9.17) is 0 Å². The van der Waals surface area contributed by atoms with Crippen molar-refractivity contribution in [1.29, 1.82) is 0 Å². The van der Waals surface area contributed by atoms with Gasteiger partial charge in [-0.3, -0.25) is 0 Å². The Morgan fingerprint density at radius 3 is 2.41 bits per heavy atom. The lowest BCUT2D eigenvalue weighted by molar-refractivity contribution is 0.651. The van der Waals surface area contributed by atoms with E-state index in [2.05, 4.69) is 81.5 Å². The Morgan fingerprint density at radius 2 is 1.68 bits per heavy atom. The molecule has 3 rings (SSSR count). The summed E-state index contributed by atoms with van der Waals surface area (Å²) in [5.41, 5.74) is 8.20. The number of benzene rings is 2. The molecule has 1 aliphatic rings. The van der Waals surface area contributed by atoms with Crippen molar-refractivity contribution in [1.82, 2.24) is 0 Å². The standard InChI is InChI=1S/C22H24/c1-4-18-7-5-6-8-21(18)22-15-20(14-11-17(22)3)19-12-9-16(2)10-13-19/h5-6,8-15,18H,4,7H2,1-3H3. The molecule has 0 fully saturated rings. The summed E-state index contributed by atoms with van der Waals surface area (Å²) >= 11 is 0. The topological polar surface area (TPSA) is 0 Å². The number of aryl methyl sites for hydroxylation is 2. The highest BCUT2D eigenvalue weighted by Gasteiger charge is 2.17. The lowest BCUT2D eigenvalue weighted by atomic mass is 9.82. The minimum absolute atomic E-state index is 0.650. The van der Waals surface area contributed by atoms with Crippen molar-refractivity contribution in [3.05, 3.63) is 77.4 Å². The Labute approximate surface area is 134 Å². The molecule has 0 amide bonds. The molecule has 1 unspecified atom stereocenters. The molecule has 0 heteroatoms. The first-order valence-electron chi connectivity index (χ1n) is 8.24. The summed E-state index contributed by atoms with van der Waals surface area (Å²) in [6, 6.07) is 15.7. The Morgan fingerprint density at radius 1 is 0.955 bits per heavy atom. The Balaban J connectivity index is 2.05. The van der Waals surface area contributed by atoms with Crippen molar-refractivity contribution in [3.8, 4) is 11.1 Å². The summed E-state index contributed by atoms with van der Waals surface area (Å²) in [4.78, 5) is 0. The molecular formula is C22H24. The van der Waals surface area contributed by atoms with Crippen LogP contribution in [0.15, 0.2) is 60.7 Å². The first-order valence-corrected chi connectivity index (χ1v) is 8.24. The second-order valence-electron chi connectivity index (χ2n) is 6.29. The molecule has 112 valence electrons. The van der Waals surface area contributed by atoms with Gasteiger partial charge in [0.05, 0.1) is 0 Å². The monoisotopic (exact) mass is 288 g/mol. The SMILES string of the molecule is CCC1CC=CC=C1c1cc(-c2ccc(C)cc2)ccc1C. The highest BCUT2D eigenvalue weighted by molar-refractivity contribution is 5.77. The van der Waals surface area contributed by atoms with Crippen LogP contribution in [0.1, 0.15) is 36.5 Å². The minimum Gasteiger partial charge on any atom is -0.0839 e. The molecule has 0 N–H and O–H groups in total. The van der Waals surface area contributed by atoms with E-state index < -0.39 is 0 Å². The number of hydrogen-bond donors (Lipinski definition) is 0. The Hall–Kier alpha value is -2.08. The van der Waals surface area contributed by atoms with Crippen molar-refractivity contribution in [2.45, 2.75) is 33.6 Å². The van der Waals surface area contributed by atoms with Gasteiger partial charge in [0.15, 0.2) is 0 Å². The van der Waals surface area contributed by atoms with Crippen molar-refractivity contribution in [2.24, 2.45) is 5.92 Å². The van der Waals surface area contributed by atoms with Crippen molar-refractivity contribution in [3.63, 3.8) is 0 Å². The Kier molecular flexibility index (Phi) is 4.29. The van der Waals surface area contributed by atoms with Crippen LogP contribution in [0.3, 0.4) is 0 Å². The molecule has 1 aliphatic carbocycles. The second kappa shape index (κ2) is 6.36. The predicted octanol–water partition coefficient (Wildman–Crippen LogP) is 6.34. The molecule has 2 aromatic rings. The first-order chi connectivity index (χ1) is 10.7. The molecule has 0 radical (unpaired) electrons. The lowest BCUT2D eigenvalue weighted by Gasteiger charge is -2.22. The van der Waals surface area contributed by atoms with Gasteiger partial charge in [-0.25, -0.2) is 0 Å². The van der Waals surface area contributed by atoms with E-state index in [-0.39, 0.29) is 0 Å². The van der Waals surface area contributed by atoms with Gasteiger partial charge in [-0.05, 0) is 66.5 Å². The van der Waals surface area contributed by atoms with Gasteiger partial charge in [-0.15, -0.1) is 0 Å². The van der Waals surface area contributed by atoms with Crippen LogP contribution in [0.4, 0.5) is 0 Å². The number of hydrogen-bond acceptors (Lipinski definition) is 0. The molecule has 0 heterocycles. The summed E-state index contributed by atoms with van der Waals surface area (Å²) in [5, 5.41) is 0. The predicted molar refractivity (Wildman–Crippen MR) is 96.9 cm³/mol. The van der Waals surface area contributed by atoms with Crippen molar-refractivity contribution < 1.29 is 0 Å². The normalized spacial score (nSPS) is 17.4. The van der Waals surface area contributed by atoms with E-state index in [0.717, 1.165) is 6.42 Å². The van der Waals surface area contributed by atoms with Gasteiger partial charge < -0.3 is 0 Å². The average molecular weight is 288 g/mol. The number of allylic oxidation sites excluding steroid dienone is 4. The van der Waals surface area contributed by atoms with Crippen molar-refractivity contribution in [2.75, 3.05) is 0 Å². The van der Waals surface area contributed by atoms with E-state index in [1.807, 2.05) is 0 Å². The zero-order valence-electron chi connectivity index (χ0n) is 13.8. The molecule has 1 atom stereocenters. The van der Waals surface area contributed by atoms with Crippen LogP contribution in [0, 0.1) is 19.8 Å². The molecule has 0 saturated carbocycles. The zero-order valence-corrected chi connectivity index (χ0v) is 13.8. The molecule has 0 bridgehead atoms. The summed E-state index contributed by atoms with van der Waals surface area (Å²) < 4.78 is 0. The van der Waals surface area contributed by atoms with Gasteiger partial charge in [-0.2, -0.15) is 0 Å². The third-order valence-corrected chi connectivity index (χ3v) is 4.70. The van der Waals surface area contributed by atoms with Crippen LogP contribution in [-0.2, 0) is 0 Å². The van der Waals surface area contributed by atoms with Gasteiger partial charge in [0.25, 0.3) is 0 Å². The van der Waals surface area contributed by atoms with Crippen molar-refractivity contribution >= 4 is 5.57 Å². The van der Waals surface area contributed by atoms with Gasteiger partial charge in [-0.1, -0.05) is 67.1 Å². The fraction of sp³-hybridized carbons (Fsp3) is 0.273. The van der Waals surface area contributed by atoms with Crippen LogP contribution in [0.25, 0.3) is 16.7 Å². The first kappa shape index (κ1) is 14.8. The van der Waals surface area contributed by atoms with Crippen LogP contribution in [-0.4, -0.2) is 0 Å². The maximum absolute atomic E-state index is 2.37. The summed E-state index contributed by atoms with van der Waals surface area (Å²) in [6.07, 6.45) is 9.16. The second-order valence-corrected chi connectivity index (χ2v) is 6.29. The van der Waals surface area contributed by atoms with Gasteiger partial charge in [0.1, 0.15) is 0 Å². The summed E-state index contributed by atoms with van der Waals surface area (Å²) in [5.74, 6) is 0.650. The maximum Gasteiger partial charge on any atom is -0.0124 e. The van der Waals surface area contributed by atoms with E-state index in [1.54, 1.807) is 0 Å². The van der Waals surface area contributed by atoms with Gasteiger partial charge >= 0.3 is 0 Å². The molecule has 22 heavy (non-hydrogen) atoms. The molecular weight excluding hydrogens is 264 g/mol. The van der Waals surface area contributed by atoms with E-state index in [0.29, 0.717) is 5.92 Å². The largest absolute Gasteiger partial charge is 0.0839 e. The van der Waals surface area contributed by atoms with E-state index in [9.17, 15) is 0 Å². The minimum atomic E-state index is 0.650. The molecule has 0 saturated heterocycles. The third-order valence-electron chi connectivity index (χ3n) is 4.70. The third kappa shape index (κ3) is 2.92. The fourth-order valence-electron chi connectivity index (χ4n) is 3.23. The fourth-order valence-corrected chi connectivity index (χ4v) is 3.23. The van der Waals surface area contributed by atoms with Crippen LogP contribution in [0.2, 0.25) is 0 Å². The van der Waals surface area contributed by atoms with Crippen LogP contribution < -0.4 is 0 Å². The smallest absolute Gasteiger partial charge is 0.0124 e.